The lowest BCUT2D eigenvalue weighted by Crippen LogP contribution is -2.52. The number of hydrogen-bond acceptors (Lipinski definition) is 1. The first-order chi connectivity index (χ1) is 11.0. The Morgan fingerprint density at radius 2 is 2.00 bits per heavy atom. The predicted octanol–water partition coefficient (Wildman–Crippen LogP) is 5.03. The van der Waals surface area contributed by atoms with Crippen LogP contribution in [-0.2, 0) is 4.79 Å². The first-order valence-electron chi connectivity index (χ1n) is 9.39. The van der Waals surface area contributed by atoms with Crippen LogP contribution in [0.4, 0.5) is 0 Å². The molecule has 2 heteroatoms. The van der Waals surface area contributed by atoms with Crippen molar-refractivity contribution in [3.05, 3.63) is 36.0 Å². The molecule has 1 unspecified atom stereocenters. The van der Waals surface area contributed by atoms with Crippen LogP contribution in [-0.4, -0.2) is 22.9 Å². The molecule has 1 amide bonds. The Morgan fingerprint density at radius 1 is 1.26 bits per heavy atom. The van der Waals surface area contributed by atoms with Crippen LogP contribution in [0.1, 0.15) is 65.7 Å². The molecule has 3 aliphatic rings. The molecule has 0 bridgehead atoms. The fraction of sp³-hybridized carbons (Fsp3) is 0.667. The van der Waals surface area contributed by atoms with Crippen molar-refractivity contribution < 1.29 is 4.79 Å². The van der Waals surface area contributed by atoms with Crippen LogP contribution in [0, 0.1) is 11.3 Å². The van der Waals surface area contributed by atoms with Crippen molar-refractivity contribution in [1.82, 2.24) is 4.90 Å². The molecule has 2 aliphatic carbocycles. The van der Waals surface area contributed by atoms with E-state index in [1.807, 2.05) is 0 Å². The van der Waals surface area contributed by atoms with Crippen molar-refractivity contribution in [2.45, 2.75) is 71.3 Å². The normalized spacial score (nSPS) is 37.9. The van der Waals surface area contributed by atoms with E-state index < -0.39 is 0 Å². The summed E-state index contributed by atoms with van der Waals surface area (Å²) in [6, 6.07) is 0. The Bertz CT molecular complexity index is 548. The molecule has 23 heavy (non-hydrogen) atoms. The number of hydrogen-bond donors (Lipinski definition) is 0. The Hall–Kier alpha value is -1.31. The van der Waals surface area contributed by atoms with Crippen LogP contribution in [0.5, 0.6) is 0 Å². The van der Waals surface area contributed by atoms with Crippen LogP contribution >= 0.6 is 0 Å². The topological polar surface area (TPSA) is 20.3 Å². The maximum atomic E-state index is 12.6. The molecular weight excluding hydrogens is 282 g/mol. The van der Waals surface area contributed by atoms with Gasteiger partial charge in [-0.3, -0.25) is 4.79 Å². The SMILES string of the molecule is CCC1(C)C=CC=CC(C2(N3CCCC3=O)CCC(C)CC2)=C1. The third-order valence-corrected chi connectivity index (χ3v) is 6.34. The predicted molar refractivity (Wildman–Crippen MR) is 96.1 cm³/mol. The monoisotopic (exact) mass is 313 g/mol. The van der Waals surface area contributed by atoms with E-state index >= 15 is 0 Å². The molecule has 0 aromatic carbocycles. The summed E-state index contributed by atoms with van der Waals surface area (Å²) in [6.07, 6.45) is 18.9. The van der Waals surface area contributed by atoms with Crippen molar-refractivity contribution in [2.75, 3.05) is 6.54 Å². The van der Waals surface area contributed by atoms with Gasteiger partial charge >= 0.3 is 0 Å². The van der Waals surface area contributed by atoms with Gasteiger partial charge < -0.3 is 4.90 Å². The molecule has 0 radical (unpaired) electrons. The Kier molecular flexibility index (Phi) is 4.53. The summed E-state index contributed by atoms with van der Waals surface area (Å²) < 4.78 is 0. The molecule has 0 N–H and O–H groups in total. The lowest BCUT2D eigenvalue weighted by molar-refractivity contribution is -0.133. The lowest BCUT2D eigenvalue weighted by Gasteiger charge is -2.48. The number of likely N-dealkylation sites (tertiary alicyclic amines) is 1. The summed E-state index contributed by atoms with van der Waals surface area (Å²) in [4.78, 5) is 14.8. The molecule has 3 rings (SSSR count). The number of carbonyl (C=O) groups is 1. The van der Waals surface area contributed by atoms with Crippen molar-refractivity contribution in [3.8, 4) is 0 Å². The Labute approximate surface area is 141 Å². The fourth-order valence-corrected chi connectivity index (χ4v) is 4.45. The largest absolute Gasteiger partial charge is 0.333 e. The van der Waals surface area contributed by atoms with E-state index in [1.165, 1.54) is 18.4 Å². The lowest BCUT2D eigenvalue weighted by atomic mass is 9.70. The van der Waals surface area contributed by atoms with Gasteiger partial charge in [-0.2, -0.15) is 0 Å². The summed E-state index contributed by atoms with van der Waals surface area (Å²) in [5.41, 5.74) is 1.42. The van der Waals surface area contributed by atoms with E-state index in [9.17, 15) is 4.79 Å². The second kappa shape index (κ2) is 6.30. The molecule has 126 valence electrons. The minimum absolute atomic E-state index is 0.0565. The third kappa shape index (κ3) is 3.05. The van der Waals surface area contributed by atoms with Crippen molar-refractivity contribution in [1.29, 1.82) is 0 Å². The van der Waals surface area contributed by atoms with Gasteiger partial charge in [-0.25, -0.2) is 0 Å². The maximum absolute atomic E-state index is 12.6. The summed E-state index contributed by atoms with van der Waals surface area (Å²) in [5.74, 6) is 1.15. The second-order valence-electron chi connectivity index (χ2n) is 8.04. The van der Waals surface area contributed by atoms with E-state index in [1.54, 1.807) is 0 Å². The minimum Gasteiger partial charge on any atom is -0.333 e. The van der Waals surface area contributed by atoms with Gasteiger partial charge in [0, 0.05) is 18.4 Å². The van der Waals surface area contributed by atoms with Gasteiger partial charge in [0.05, 0.1) is 5.54 Å². The molecule has 1 saturated carbocycles. The molecular formula is C21H31NO. The van der Waals surface area contributed by atoms with Gasteiger partial charge in [0.2, 0.25) is 5.91 Å². The molecule has 1 atom stereocenters. The van der Waals surface area contributed by atoms with E-state index in [2.05, 4.69) is 56.1 Å². The number of rotatable bonds is 3. The first kappa shape index (κ1) is 16.5. The highest BCUT2D eigenvalue weighted by Gasteiger charge is 2.46. The number of amides is 1. The van der Waals surface area contributed by atoms with E-state index in [0.717, 1.165) is 44.6 Å². The summed E-state index contributed by atoms with van der Waals surface area (Å²) in [7, 11) is 0. The maximum Gasteiger partial charge on any atom is 0.223 e. The van der Waals surface area contributed by atoms with Crippen LogP contribution in [0.3, 0.4) is 0 Å². The zero-order valence-corrected chi connectivity index (χ0v) is 15.0. The highest BCUT2D eigenvalue weighted by atomic mass is 16.2. The highest BCUT2D eigenvalue weighted by Crippen LogP contribution is 2.46. The zero-order valence-electron chi connectivity index (χ0n) is 15.0. The van der Waals surface area contributed by atoms with Crippen LogP contribution < -0.4 is 0 Å². The number of allylic oxidation sites excluding steroid dienone is 4. The third-order valence-electron chi connectivity index (χ3n) is 6.34. The van der Waals surface area contributed by atoms with Gasteiger partial charge in [-0.1, -0.05) is 51.2 Å². The molecule has 0 aromatic heterocycles. The molecule has 1 saturated heterocycles. The van der Waals surface area contributed by atoms with Crippen molar-refractivity contribution >= 4 is 5.91 Å². The fourth-order valence-electron chi connectivity index (χ4n) is 4.45. The molecule has 1 heterocycles. The zero-order chi connectivity index (χ0) is 16.5. The molecule has 2 fully saturated rings. The second-order valence-corrected chi connectivity index (χ2v) is 8.04. The molecule has 0 spiro atoms. The van der Waals surface area contributed by atoms with E-state index in [0.29, 0.717) is 5.91 Å². The Morgan fingerprint density at radius 3 is 2.61 bits per heavy atom. The van der Waals surface area contributed by atoms with Gasteiger partial charge in [-0.05, 0) is 50.0 Å². The molecule has 2 nitrogen and oxygen atoms in total. The van der Waals surface area contributed by atoms with Crippen LogP contribution in [0.15, 0.2) is 36.0 Å². The minimum atomic E-state index is -0.0565. The first-order valence-corrected chi connectivity index (χ1v) is 9.39. The van der Waals surface area contributed by atoms with E-state index in [4.69, 9.17) is 0 Å². The Balaban J connectivity index is 2.03. The smallest absolute Gasteiger partial charge is 0.223 e. The summed E-state index contributed by atoms with van der Waals surface area (Å²) in [6.45, 7) is 7.85. The molecule has 1 aliphatic heterocycles. The van der Waals surface area contributed by atoms with Gasteiger partial charge in [0.1, 0.15) is 0 Å². The highest BCUT2D eigenvalue weighted by molar-refractivity contribution is 5.80. The summed E-state index contributed by atoms with van der Waals surface area (Å²) >= 11 is 0. The van der Waals surface area contributed by atoms with Crippen molar-refractivity contribution in [2.24, 2.45) is 11.3 Å². The number of nitrogens with zero attached hydrogens (tertiary/aromatic N) is 1. The average Bonchev–Trinajstić information content (AvgIpc) is 2.87. The standard InChI is InChI=1S/C21H31NO/c1-4-20(3)12-6-5-8-18(16-20)21(13-10-17(2)11-14-21)22-15-7-9-19(22)23/h5-6,8,12,16-17H,4,7,9-11,13-15H2,1-3H3. The number of carbonyl (C=O) groups excluding carboxylic acids is 1. The van der Waals surface area contributed by atoms with Gasteiger partial charge in [0.25, 0.3) is 0 Å². The van der Waals surface area contributed by atoms with Gasteiger partial charge in [0.15, 0.2) is 0 Å². The van der Waals surface area contributed by atoms with Gasteiger partial charge in [-0.15, -0.1) is 0 Å². The van der Waals surface area contributed by atoms with Crippen molar-refractivity contribution in [3.63, 3.8) is 0 Å². The van der Waals surface area contributed by atoms with Crippen LogP contribution in [0.25, 0.3) is 0 Å². The molecule has 0 aromatic rings. The summed E-state index contributed by atoms with van der Waals surface area (Å²) in [5, 5.41) is 0. The quantitative estimate of drug-likeness (QED) is 0.716. The van der Waals surface area contributed by atoms with E-state index in [-0.39, 0.29) is 11.0 Å². The van der Waals surface area contributed by atoms with Crippen LogP contribution in [0.2, 0.25) is 0 Å². The average molecular weight is 313 g/mol.